The Kier molecular flexibility index (Phi) is 4.93. The standard InChI is InChI=1S/C15H21N3O5S/c1-24(20,21)16-9-15(19)18-6-4-17(5-7-18)10-12-2-3-13-14(8-12)23-11-22-13/h2-3,8,16H,4-7,9-11H2,1H3. The van der Waals surface area contributed by atoms with E-state index in [0.717, 1.165) is 43.0 Å². The van der Waals surface area contributed by atoms with Crippen molar-refractivity contribution in [2.75, 3.05) is 45.8 Å². The van der Waals surface area contributed by atoms with Crippen molar-refractivity contribution in [1.82, 2.24) is 14.5 Å². The number of fused-ring (bicyclic) bond motifs is 1. The molecule has 0 aromatic heterocycles. The number of nitrogens with one attached hydrogen (secondary N) is 1. The van der Waals surface area contributed by atoms with Crippen LogP contribution in [0.2, 0.25) is 0 Å². The van der Waals surface area contributed by atoms with Gasteiger partial charge >= 0.3 is 0 Å². The SMILES string of the molecule is CS(=O)(=O)NCC(=O)N1CCN(Cc2ccc3c(c2)OCO3)CC1. The second-order valence-electron chi connectivity index (χ2n) is 5.94. The van der Waals surface area contributed by atoms with Crippen LogP contribution in [0.25, 0.3) is 0 Å². The van der Waals surface area contributed by atoms with Crippen LogP contribution in [0.15, 0.2) is 18.2 Å². The van der Waals surface area contributed by atoms with Gasteiger partial charge in [-0.1, -0.05) is 6.07 Å². The van der Waals surface area contributed by atoms with Gasteiger partial charge in [0.1, 0.15) is 0 Å². The number of nitrogens with zero attached hydrogens (tertiary/aromatic N) is 2. The van der Waals surface area contributed by atoms with E-state index < -0.39 is 10.0 Å². The highest BCUT2D eigenvalue weighted by Crippen LogP contribution is 2.32. The molecule has 2 aliphatic rings. The first-order valence-electron chi connectivity index (χ1n) is 7.74. The predicted molar refractivity (Wildman–Crippen MR) is 87.3 cm³/mol. The van der Waals surface area contributed by atoms with Crippen molar-refractivity contribution in [3.8, 4) is 11.5 Å². The van der Waals surface area contributed by atoms with E-state index >= 15 is 0 Å². The number of piperazine rings is 1. The fraction of sp³-hybridized carbons (Fsp3) is 0.533. The Hall–Kier alpha value is -1.84. The van der Waals surface area contributed by atoms with Crippen LogP contribution in [-0.4, -0.2) is 69.9 Å². The smallest absolute Gasteiger partial charge is 0.237 e. The number of ether oxygens (including phenoxy) is 2. The first-order valence-corrected chi connectivity index (χ1v) is 9.63. The summed E-state index contributed by atoms with van der Waals surface area (Å²) in [6.45, 7) is 3.55. The maximum atomic E-state index is 12.0. The molecule has 1 aromatic rings. The molecule has 0 saturated carbocycles. The van der Waals surface area contributed by atoms with E-state index in [1.807, 2.05) is 18.2 Å². The molecule has 24 heavy (non-hydrogen) atoms. The summed E-state index contributed by atoms with van der Waals surface area (Å²) in [5.41, 5.74) is 1.14. The molecule has 1 fully saturated rings. The van der Waals surface area contributed by atoms with E-state index in [1.165, 1.54) is 0 Å². The zero-order valence-corrected chi connectivity index (χ0v) is 14.3. The van der Waals surface area contributed by atoms with Gasteiger partial charge < -0.3 is 14.4 Å². The molecule has 1 N–H and O–H groups in total. The van der Waals surface area contributed by atoms with Gasteiger partial charge in [-0.2, -0.15) is 0 Å². The van der Waals surface area contributed by atoms with Gasteiger partial charge in [-0.3, -0.25) is 9.69 Å². The van der Waals surface area contributed by atoms with Crippen molar-refractivity contribution < 1.29 is 22.7 Å². The minimum Gasteiger partial charge on any atom is -0.454 e. The fourth-order valence-corrected chi connectivity index (χ4v) is 3.14. The van der Waals surface area contributed by atoms with Gasteiger partial charge in [0.25, 0.3) is 0 Å². The van der Waals surface area contributed by atoms with Gasteiger partial charge in [0.2, 0.25) is 22.7 Å². The highest BCUT2D eigenvalue weighted by atomic mass is 32.2. The largest absolute Gasteiger partial charge is 0.454 e. The van der Waals surface area contributed by atoms with Gasteiger partial charge in [0.05, 0.1) is 12.8 Å². The van der Waals surface area contributed by atoms with Crippen molar-refractivity contribution in [1.29, 1.82) is 0 Å². The van der Waals surface area contributed by atoms with Gasteiger partial charge in [-0.05, 0) is 17.7 Å². The number of benzene rings is 1. The third-order valence-corrected chi connectivity index (χ3v) is 4.72. The first-order chi connectivity index (χ1) is 11.4. The Balaban J connectivity index is 1.47. The zero-order valence-electron chi connectivity index (χ0n) is 13.5. The zero-order chi connectivity index (χ0) is 17.2. The minimum absolute atomic E-state index is 0.180. The molecule has 0 bridgehead atoms. The van der Waals surface area contributed by atoms with Crippen molar-refractivity contribution in [2.45, 2.75) is 6.54 Å². The lowest BCUT2D eigenvalue weighted by atomic mass is 10.1. The van der Waals surface area contributed by atoms with Crippen LogP contribution in [-0.2, 0) is 21.4 Å². The molecule has 2 aliphatic heterocycles. The molecule has 2 heterocycles. The Morgan fingerprint density at radius 1 is 1.17 bits per heavy atom. The molecule has 0 unspecified atom stereocenters. The number of carbonyl (C=O) groups excluding carboxylic acids is 1. The number of hydrogen-bond donors (Lipinski definition) is 1. The summed E-state index contributed by atoms with van der Waals surface area (Å²) in [5, 5.41) is 0. The van der Waals surface area contributed by atoms with Crippen LogP contribution in [0.4, 0.5) is 0 Å². The molecule has 1 saturated heterocycles. The first kappa shape index (κ1) is 17.0. The Labute approximate surface area is 141 Å². The molecule has 132 valence electrons. The van der Waals surface area contributed by atoms with Gasteiger partial charge in [0, 0.05) is 32.7 Å². The van der Waals surface area contributed by atoms with E-state index in [2.05, 4.69) is 9.62 Å². The average Bonchev–Trinajstić information content (AvgIpc) is 3.00. The van der Waals surface area contributed by atoms with E-state index in [9.17, 15) is 13.2 Å². The van der Waals surface area contributed by atoms with E-state index in [1.54, 1.807) is 4.90 Å². The van der Waals surface area contributed by atoms with Gasteiger partial charge in [0.15, 0.2) is 11.5 Å². The van der Waals surface area contributed by atoms with E-state index in [-0.39, 0.29) is 19.2 Å². The van der Waals surface area contributed by atoms with Crippen molar-refractivity contribution in [3.05, 3.63) is 23.8 Å². The van der Waals surface area contributed by atoms with Crippen LogP contribution in [0.5, 0.6) is 11.5 Å². The van der Waals surface area contributed by atoms with Crippen molar-refractivity contribution in [3.63, 3.8) is 0 Å². The molecule has 0 radical (unpaired) electrons. The highest BCUT2D eigenvalue weighted by molar-refractivity contribution is 7.88. The number of sulfonamides is 1. The molecule has 0 aliphatic carbocycles. The van der Waals surface area contributed by atoms with Crippen molar-refractivity contribution in [2.24, 2.45) is 0 Å². The summed E-state index contributed by atoms with van der Waals surface area (Å²) in [7, 11) is -3.34. The predicted octanol–water partition coefficient (Wildman–Crippen LogP) is -0.391. The quantitative estimate of drug-likeness (QED) is 0.774. The summed E-state index contributed by atoms with van der Waals surface area (Å²) in [6.07, 6.45) is 1.05. The molecular weight excluding hydrogens is 334 g/mol. The third kappa shape index (κ3) is 4.37. The third-order valence-electron chi connectivity index (χ3n) is 4.05. The maximum Gasteiger partial charge on any atom is 0.237 e. The second-order valence-corrected chi connectivity index (χ2v) is 7.77. The van der Waals surface area contributed by atoms with Crippen LogP contribution >= 0.6 is 0 Å². The van der Waals surface area contributed by atoms with Gasteiger partial charge in [-0.25, -0.2) is 13.1 Å². The topological polar surface area (TPSA) is 88.2 Å². The Morgan fingerprint density at radius 3 is 2.58 bits per heavy atom. The molecular formula is C15H21N3O5S. The number of rotatable bonds is 5. The maximum absolute atomic E-state index is 12.0. The lowest BCUT2D eigenvalue weighted by molar-refractivity contribution is -0.131. The monoisotopic (exact) mass is 355 g/mol. The number of amides is 1. The molecule has 1 amide bonds. The molecule has 0 atom stereocenters. The highest BCUT2D eigenvalue weighted by Gasteiger charge is 2.22. The van der Waals surface area contributed by atoms with Crippen LogP contribution in [0, 0.1) is 0 Å². The van der Waals surface area contributed by atoms with E-state index in [4.69, 9.17) is 9.47 Å². The Bertz CT molecular complexity index is 714. The summed E-state index contributed by atoms with van der Waals surface area (Å²) in [6, 6.07) is 5.91. The minimum atomic E-state index is -3.34. The molecule has 8 nitrogen and oxygen atoms in total. The lowest BCUT2D eigenvalue weighted by Crippen LogP contribution is -2.50. The van der Waals surface area contributed by atoms with Crippen molar-refractivity contribution >= 4 is 15.9 Å². The van der Waals surface area contributed by atoms with Gasteiger partial charge in [-0.15, -0.1) is 0 Å². The molecule has 1 aromatic carbocycles. The van der Waals surface area contributed by atoms with Crippen LogP contribution < -0.4 is 14.2 Å². The summed E-state index contributed by atoms with van der Waals surface area (Å²) >= 11 is 0. The summed E-state index contributed by atoms with van der Waals surface area (Å²) in [5.74, 6) is 1.35. The second kappa shape index (κ2) is 6.96. The van der Waals surface area contributed by atoms with Crippen LogP contribution in [0.1, 0.15) is 5.56 Å². The molecule has 3 rings (SSSR count). The summed E-state index contributed by atoms with van der Waals surface area (Å²) in [4.78, 5) is 15.9. The Morgan fingerprint density at radius 2 is 1.88 bits per heavy atom. The van der Waals surface area contributed by atoms with E-state index in [0.29, 0.717) is 13.1 Å². The molecule has 0 spiro atoms. The molecule has 9 heteroatoms. The number of carbonyl (C=O) groups is 1. The normalized spacial score (nSPS) is 18.0. The summed E-state index contributed by atoms with van der Waals surface area (Å²) < 4.78 is 35.0. The lowest BCUT2D eigenvalue weighted by Gasteiger charge is -2.34. The van der Waals surface area contributed by atoms with Crippen LogP contribution in [0.3, 0.4) is 0 Å². The average molecular weight is 355 g/mol. The fourth-order valence-electron chi connectivity index (χ4n) is 2.76. The number of hydrogen-bond acceptors (Lipinski definition) is 6.